The number of aliphatic hydroxyl groups is 1. The molecule has 1 aromatic carbocycles. The predicted molar refractivity (Wildman–Crippen MR) is 70.4 cm³/mol. The van der Waals surface area contributed by atoms with Crippen molar-refractivity contribution in [2.24, 2.45) is 0 Å². The van der Waals surface area contributed by atoms with Crippen molar-refractivity contribution in [2.45, 2.75) is 30.8 Å². The second-order valence-electron chi connectivity index (χ2n) is 4.74. The molecule has 0 aliphatic carbocycles. The third-order valence-corrected chi connectivity index (χ3v) is 5.10. The van der Waals surface area contributed by atoms with Crippen molar-refractivity contribution in [3.05, 3.63) is 29.8 Å². The van der Waals surface area contributed by atoms with E-state index in [2.05, 4.69) is 0 Å². The Morgan fingerprint density at radius 3 is 2.79 bits per heavy atom. The van der Waals surface area contributed by atoms with Gasteiger partial charge in [-0.2, -0.15) is 4.31 Å². The molecule has 2 rings (SSSR count). The molecule has 0 saturated carbocycles. The maximum Gasteiger partial charge on any atom is 0.243 e. The average Bonchev–Trinajstić information content (AvgIpc) is 2.39. The second kappa shape index (κ2) is 5.40. The fourth-order valence-corrected chi connectivity index (χ4v) is 3.73. The Balaban J connectivity index is 2.33. The molecule has 1 aliphatic heterocycles. The quantitative estimate of drug-likeness (QED) is 0.841. The van der Waals surface area contributed by atoms with Gasteiger partial charge in [-0.3, -0.25) is 4.79 Å². The van der Waals surface area contributed by atoms with Gasteiger partial charge in [-0.25, -0.2) is 8.42 Å². The van der Waals surface area contributed by atoms with E-state index >= 15 is 0 Å². The van der Waals surface area contributed by atoms with Gasteiger partial charge in [-0.1, -0.05) is 12.1 Å². The molecule has 1 fully saturated rings. The van der Waals surface area contributed by atoms with Crippen LogP contribution in [0.15, 0.2) is 29.2 Å². The summed E-state index contributed by atoms with van der Waals surface area (Å²) in [6, 6.07) is 6.01. The van der Waals surface area contributed by atoms with Crippen molar-refractivity contribution >= 4 is 15.8 Å². The van der Waals surface area contributed by atoms with Crippen LogP contribution in [0.4, 0.5) is 0 Å². The van der Waals surface area contributed by atoms with E-state index in [0.29, 0.717) is 24.9 Å². The zero-order valence-electron chi connectivity index (χ0n) is 10.7. The number of β-amino-alcohol motifs (C(OH)–C–C–N with tert-alkyl or cyclic N) is 1. The van der Waals surface area contributed by atoms with E-state index < -0.39 is 16.1 Å². The summed E-state index contributed by atoms with van der Waals surface area (Å²) >= 11 is 0. The molecular weight excluding hydrogens is 266 g/mol. The van der Waals surface area contributed by atoms with Crippen LogP contribution in [0.5, 0.6) is 0 Å². The number of piperidine rings is 1. The standard InChI is InChI=1S/C13H17NO4S/c1-10(15)11-4-2-6-13(8-11)19(17,18)14-7-3-5-12(16)9-14/h2,4,6,8,12,16H,3,5,7,9H2,1H3/t12-/m0/s1. The fraction of sp³-hybridized carbons (Fsp3) is 0.462. The van der Waals surface area contributed by atoms with Crippen LogP contribution in [0.2, 0.25) is 0 Å². The Kier molecular flexibility index (Phi) is 4.03. The van der Waals surface area contributed by atoms with Crippen molar-refractivity contribution in [3.8, 4) is 0 Å². The van der Waals surface area contributed by atoms with Gasteiger partial charge in [0, 0.05) is 18.7 Å². The SMILES string of the molecule is CC(=O)c1cccc(S(=O)(=O)N2CCC[C@H](O)C2)c1. The lowest BCUT2D eigenvalue weighted by Crippen LogP contribution is -2.42. The van der Waals surface area contributed by atoms with Crippen LogP contribution in [0.3, 0.4) is 0 Å². The lowest BCUT2D eigenvalue weighted by atomic mass is 10.1. The largest absolute Gasteiger partial charge is 0.392 e. The molecule has 0 unspecified atom stereocenters. The van der Waals surface area contributed by atoms with Crippen LogP contribution >= 0.6 is 0 Å². The van der Waals surface area contributed by atoms with Gasteiger partial charge in [0.15, 0.2) is 5.78 Å². The molecule has 0 bridgehead atoms. The normalized spacial score (nSPS) is 21.3. The molecule has 0 aromatic heterocycles. The van der Waals surface area contributed by atoms with Gasteiger partial charge in [0.2, 0.25) is 10.0 Å². The molecule has 1 aliphatic rings. The maximum atomic E-state index is 12.4. The van der Waals surface area contributed by atoms with Crippen LogP contribution in [0.1, 0.15) is 30.1 Å². The number of benzene rings is 1. The third-order valence-electron chi connectivity index (χ3n) is 3.24. The lowest BCUT2D eigenvalue weighted by Gasteiger charge is -2.29. The number of hydrogen-bond donors (Lipinski definition) is 1. The minimum absolute atomic E-state index is 0.106. The summed E-state index contributed by atoms with van der Waals surface area (Å²) in [6.45, 7) is 1.92. The molecule has 0 radical (unpaired) electrons. The molecule has 19 heavy (non-hydrogen) atoms. The Labute approximate surface area is 112 Å². The average molecular weight is 283 g/mol. The van der Waals surface area contributed by atoms with Gasteiger partial charge in [0.1, 0.15) is 0 Å². The van der Waals surface area contributed by atoms with E-state index in [-0.39, 0.29) is 17.2 Å². The topological polar surface area (TPSA) is 74.7 Å². The summed E-state index contributed by atoms with van der Waals surface area (Å²) in [4.78, 5) is 11.4. The molecule has 1 atom stereocenters. The molecule has 1 heterocycles. The first-order valence-electron chi connectivity index (χ1n) is 6.20. The second-order valence-corrected chi connectivity index (χ2v) is 6.68. The van der Waals surface area contributed by atoms with Gasteiger partial charge in [0.05, 0.1) is 11.0 Å². The highest BCUT2D eigenvalue weighted by Gasteiger charge is 2.29. The number of carbonyl (C=O) groups is 1. The zero-order chi connectivity index (χ0) is 14.0. The van der Waals surface area contributed by atoms with E-state index in [1.54, 1.807) is 12.1 Å². The molecule has 1 saturated heterocycles. The monoisotopic (exact) mass is 283 g/mol. The molecule has 104 valence electrons. The van der Waals surface area contributed by atoms with E-state index in [1.807, 2.05) is 0 Å². The van der Waals surface area contributed by atoms with Crippen LogP contribution in [0.25, 0.3) is 0 Å². The molecule has 5 nitrogen and oxygen atoms in total. The number of Topliss-reactive ketones (excluding diaryl/α,β-unsaturated/α-hetero) is 1. The van der Waals surface area contributed by atoms with Crippen LogP contribution in [-0.4, -0.2) is 42.8 Å². The first-order valence-corrected chi connectivity index (χ1v) is 7.64. The van der Waals surface area contributed by atoms with Crippen LogP contribution in [-0.2, 0) is 10.0 Å². The first-order chi connectivity index (χ1) is 8.91. The Morgan fingerprint density at radius 1 is 1.42 bits per heavy atom. The van der Waals surface area contributed by atoms with Crippen LogP contribution in [0, 0.1) is 0 Å². The summed E-state index contributed by atoms with van der Waals surface area (Å²) < 4.78 is 26.1. The van der Waals surface area contributed by atoms with E-state index in [1.165, 1.54) is 23.4 Å². The fourth-order valence-electron chi connectivity index (χ4n) is 2.16. The summed E-state index contributed by atoms with van der Waals surface area (Å²) in [5.41, 5.74) is 0.374. The highest BCUT2D eigenvalue weighted by molar-refractivity contribution is 7.89. The smallest absolute Gasteiger partial charge is 0.243 e. The summed E-state index contributed by atoms with van der Waals surface area (Å²) in [5.74, 6) is -0.171. The predicted octanol–water partition coefficient (Wildman–Crippen LogP) is 1.03. The zero-order valence-corrected chi connectivity index (χ0v) is 11.6. The van der Waals surface area contributed by atoms with Gasteiger partial charge in [0.25, 0.3) is 0 Å². The Bertz CT molecular complexity index is 582. The van der Waals surface area contributed by atoms with Crippen molar-refractivity contribution in [1.29, 1.82) is 0 Å². The summed E-state index contributed by atoms with van der Waals surface area (Å²) in [6.07, 6.45) is 0.659. The molecule has 0 amide bonds. The molecule has 0 spiro atoms. The maximum absolute atomic E-state index is 12.4. The number of nitrogens with zero attached hydrogens (tertiary/aromatic N) is 1. The molecule has 6 heteroatoms. The summed E-state index contributed by atoms with van der Waals surface area (Å²) in [5, 5.41) is 9.57. The van der Waals surface area contributed by atoms with Crippen LogP contribution < -0.4 is 0 Å². The van der Waals surface area contributed by atoms with Gasteiger partial charge >= 0.3 is 0 Å². The van der Waals surface area contributed by atoms with Crippen molar-refractivity contribution in [1.82, 2.24) is 4.31 Å². The number of rotatable bonds is 3. The minimum atomic E-state index is -3.63. The number of sulfonamides is 1. The Hall–Kier alpha value is -1.24. The Morgan fingerprint density at radius 2 is 2.16 bits per heavy atom. The van der Waals surface area contributed by atoms with Crippen molar-refractivity contribution in [3.63, 3.8) is 0 Å². The summed E-state index contributed by atoms with van der Waals surface area (Å²) in [7, 11) is -3.63. The number of carbonyl (C=O) groups excluding carboxylic acids is 1. The van der Waals surface area contributed by atoms with E-state index in [9.17, 15) is 18.3 Å². The van der Waals surface area contributed by atoms with Crippen molar-refractivity contribution in [2.75, 3.05) is 13.1 Å². The molecular formula is C13H17NO4S. The number of aliphatic hydroxyl groups excluding tert-OH is 1. The number of hydrogen-bond acceptors (Lipinski definition) is 4. The van der Waals surface area contributed by atoms with Crippen molar-refractivity contribution < 1.29 is 18.3 Å². The number of ketones is 1. The van der Waals surface area contributed by atoms with Gasteiger partial charge in [-0.15, -0.1) is 0 Å². The van der Waals surface area contributed by atoms with E-state index in [0.717, 1.165) is 0 Å². The lowest BCUT2D eigenvalue weighted by molar-refractivity contribution is 0.101. The highest BCUT2D eigenvalue weighted by atomic mass is 32.2. The van der Waals surface area contributed by atoms with E-state index in [4.69, 9.17) is 0 Å². The molecule has 1 N–H and O–H groups in total. The highest BCUT2D eigenvalue weighted by Crippen LogP contribution is 2.21. The first kappa shape index (κ1) is 14.2. The minimum Gasteiger partial charge on any atom is -0.392 e. The molecule has 1 aromatic rings. The van der Waals surface area contributed by atoms with Gasteiger partial charge in [-0.05, 0) is 31.9 Å². The third kappa shape index (κ3) is 3.02. The van der Waals surface area contributed by atoms with Gasteiger partial charge < -0.3 is 5.11 Å².